The van der Waals surface area contributed by atoms with E-state index in [0.717, 1.165) is 4.90 Å². The maximum Gasteiger partial charge on any atom is 0.421 e. The van der Waals surface area contributed by atoms with Crippen LogP contribution >= 0.6 is 0 Å². The van der Waals surface area contributed by atoms with Crippen LogP contribution in [0, 0.1) is 10.1 Å². The Hall–Kier alpha value is -3.22. The van der Waals surface area contributed by atoms with Gasteiger partial charge in [0.15, 0.2) is 0 Å². The van der Waals surface area contributed by atoms with E-state index in [9.17, 15) is 19.7 Å². The maximum atomic E-state index is 13.3. The van der Waals surface area contributed by atoms with E-state index in [1.54, 1.807) is 69.3 Å². The summed E-state index contributed by atoms with van der Waals surface area (Å²) in [6, 6.07) is 15.8. The molecule has 2 aromatic carbocycles. The number of nitrogens with zero attached hydrogens (tertiary/aromatic N) is 2. The van der Waals surface area contributed by atoms with Crippen LogP contribution in [0.3, 0.4) is 0 Å². The van der Waals surface area contributed by atoms with Gasteiger partial charge in [-0.25, -0.2) is 9.69 Å². The molecule has 146 valence electrons. The second-order valence-corrected chi connectivity index (χ2v) is 7.72. The summed E-state index contributed by atoms with van der Waals surface area (Å²) in [6.07, 6.45) is -0.777. The standard InChI is InChI=1S/C21H22N2O5/c1-21(2,3)28-20(25)23-17-12-8-7-11-15(17)18(19(23)24)16(13-22(26)27)14-9-5-4-6-10-14/h4-12,16,18H,13H2,1-3H3. The highest BCUT2D eigenvalue weighted by molar-refractivity contribution is 6.19. The number of para-hydroxylation sites is 1. The predicted molar refractivity (Wildman–Crippen MR) is 104 cm³/mol. The van der Waals surface area contributed by atoms with Crippen molar-refractivity contribution in [3.63, 3.8) is 0 Å². The quantitative estimate of drug-likeness (QED) is 0.586. The average molecular weight is 382 g/mol. The largest absolute Gasteiger partial charge is 0.443 e. The summed E-state index contributed by atoms with van der Waals surface area (Å²) in [5.74, 6) is -2.04. The van der Waals surface area contributed by atoms with Gasteiger partial charge >= 0.3 is 6.09 Å². The number of fused-ring (bicyclic) bond motifs is 1. The van der Waals surface area contributed by atoms with Crippen LogP contribution in [-0.2, 0) is 9.53 Å². The molecule has 2 unspecified atom stereocenters. The summed E-state index contributed by atoms with van der Waals surface area (Å²) in [4.78, 5) is 37.9. The highest BCUT2D eigenvalue weighted by Gasteiger charge is 2.47. The van der Waals surface area contributed by atoms with Crippen molar-refractivity contribution in [3.05, 3.63) is 75.8 Å². The summed E-state index contributed by atoms with van der Waals surface area (Å²) in [5, 5.41) is 11.4. The first-order valence-corrected chi connectivity index (χ1v) is 9.01. The minimum absolute atomic E-state index is 0.413. The summed E-state index contributed by atoms with van der Waals surface area (Å²) in [5.41, 5.74) is 0.910. The van der Waals surface area contributed by atoms with Crippen LogP contribution in [0.1, 0.15) is 43.7 Å². The Balaban J connectivity index is 2.07. The van der Waals surface area contributed by atoms with Gasteiger partial charge in [-0.1, -0.05) is 48.5 Å². The van der Waals surface area contributed by atoms with E-state index in [1.165, 1.54) is 0 Å². The van der Waals surface area contributed by atoms with Gasteiger partial charge in [-0.2, -0.15) is 0 Å². The van der Waals surface area contributed by atoms with E-state index in [0.29, 0.717) is 16.8 Å². The number of carbonyl (C=O) groups excluding carboxylic acids is 2. The fraction of sp³-hybridized carbons (Fsp3) is 0.333. The summed E-state index contributed by atoms with van der Waals surface area (Å²) < 4.78 is 5.40. The first kappa shape index (κ1) is 19.5. The Morgan fingerprint density at radius 1 is 1.14 bits per heavy atom. The van der Waals surface area contributed by atoms with Crippen molar-refractivity contribution in [1.82, 2.24) is 0 Å². The van der Waals surface area contributed by atoms with Gasteiger partial charge in [0, 0.05) is 4.92 Å². The molecule has 7 nitrogen and oxygen atoms in total. The fourth-order valence-electron chi connectivity index (χ4n) is 3.49. The van der Waals surface area contributed by atoms with E-state index >= 15 is 0 Å². The number of rotatable bonds is 4. The van der Waals surface area contributed by atoms with Crippen molar-refractivity contribution >= 4 is 17.7 Å². The minimum atomic E-state index is -0.837. The first-order chi connectivity index (χ1) is 13.2. The molecule has 1 aliphatic heterocycles. The van der Waals surface area contributed by atoms with Crippen molar-refractivity contribution < 1.29 is 19.2 Å². The Morgan fingerprint density at radius 3 is 2.36 bits per heavy atom. The third-order valence-electron chi connectivity index (χ3n) is 4.55. The van der Waals surface area contributed by atoms with E-state index in [1.807, 2.05) is 6.07 Å². The van der Waals surface area contributed by atoms with Gasteiger partial charge in [-0.3, -0.25) is 14.9 Å². The molecule has 7 heteroatoms. The zero-order valence-electron chi connectivity index (χ0n) is 16.0. The molecule has 28 heavy (non-hydrogen) atoms. The van der Waals surface area contributed by atoms with Gasteiger partial charge in [-0.15, -0.1) is 0 Å². The molecule has 3 rings (SSSR count). The lowest BCUT2D eigenvalue weighted by atomic mass is 9.82. The molecule has 0 radical (unpaired) electrons. The highest BCUT2D eigenvalue weighted by atomic mass is 16.6. The van der Waals surface area contributed by atoms with Gasteiger partial charge < -0.3 is 4.74 Å². The molecule has 2 aromatic rings. The predicted octanol–water partition coefficient (Wildman–Crippen LogP) is 4.11. The van der Waals surface area contributed by atoms with Crippen molar-refractivity contribution in [2.75, 3.05) is 11.4 Å². The summed E-state index contributed by atoms with van der Waals surface area (Å²) in [7, 11) is 0. The number of hydrogen-bond donors (Lipinski definition) is 0. The number of nitro groups is 1. The topological polar surface area (TPSA) is 89.8 Å². The summed E-state index contributed by atoms with van der Waals surface area (Å²) in [6.45, 7) is 4.73. The zero-order valence-corrected chi connectivity index (χ0v) is 16.0. The third kappa shape index (κ3) is 3.88. The lowest BCUT2D eigenvalue weighted by molar-refractivity contribution is -0.483. The van der Waals surface area contributed by atoms with Crippen LogP contribution in [0.5, 0.6) is 0 Å². The van der Waals surface area contributed by atoms with Crippen LogP contribution in [0.2, 0.25) is 0 Å². The first-order valence-electron chi connectivity index (χ1n) is 9.01. The van der Waals surface area contributed by atoms with E-state index in [2.05, 4.69) is 0 Å². The third-order valence-corrected chi connectivity index (χ3v) is 4.55. The molecule has 2 atom stereocenters. The van der Waals surface area contributed by atoms with Crippen LogP contribution in [-0.4, -0.2) is 29.1 Å². The number of anilines is 1. The van der Waals surface area contributed by atoms with Gasteiger partial charge in [0.05, 0.1) is 17.5 Å². The van der Waals surface area contributed by atoms with E-state index < -0.39 is 40.9 Å². The maximum absolute atomic E-state index is 13.3. The Morgan fingerprint density at radius 2 is 1.75 bits per heavy atom. The molecule has 0 bridgehead atoms. The van der Waals surface area contributed by atoms with Gasteiger partial charge in [-0.05, 0) is 38.0 Å². The van der Waals surface area contributed by atoms with Crippen LogP contribution in [0.25, 0.3) is 0 Å². The molecule has 1 aliphatic rings. The van der Waals surface area contributed by atoms with Crippen molar-refractivity contribution in [2.24, 2.45) is 0 Å². The van der Waals surface area contributed by atoms with Crippen molar-refractivity contribution in [1.29, 1.82) is 0 Å². The molecule has 0 spiro atoms. The molecule has 2 amide bonds. The number of hydrogen-bond acceptors (Lipinski definition) is 5. The van der Waals surface area contributed by atoms with E-state index in [-0.39, 0.29) is 0 Å². The molecule has 0 aliphatic carbocycles. The average Bonchev–Trinajstić information content (AvgIpc) is 2.91. The molecular weight excluding hydrogens is 360 g/mol. The number of imide groups is 1. The lowest BCUT2D eigenvalue weighted by Gasteiger charge is -2.24. The second-order valence-electron chi connectivity index (χ2n) is 7.72. The zero-order chi connectivity index (χ0) is 20.5. The fourth-order valence-corrected chi connectivity index (χ4v) is 3.49. The van der Waals surface area contributed by atoms with Gasteiger partial charge in [0.1, 0.15) is 5.60 Å². The number of carbonyl (C=O) groups is 2. The smallest absolute Gasteiger partial charge is 0.421 e. The van der Waals surface area contributed by atoms with Gasteiger partial charge in [0.25, 0.3) is 0 Å². The Kier molecular flexibility index (Phi) is 5.18. The molecule has 0 N–H and O–H groups in total. The summed E-state index contributed by atoms with van der Waals surface area (Å²) >= 11 is 0. The molecule has 1 heterocycles. The second kappa shape index (κ2) is 7.42. The molecule has 0 saturated heterocycles. The normalized spacial score (nSPS) is 17.2. The van der Waals surface area contributed by atoms with Crippen LogP contribution in [0.4, 0.5) is 10.5 Å². The number of amides is 2. The molecular formula is C21H22N2O5. The van der Waals surface area contributed by atoms with Crippen LogP contribution < -0.4 is 4.90 Å². The monoisotopic (exact) mass is 382 g/mol. The van der Waals surface area contributed by atoms with Crippen LogP contribution in [0.15, 0.2) is 54.6 Å². The Bertz CT molecular complexity index is 905. The lowest BCUT2D eigenvalue weighted by Crippen LogP contribution is -2.40. The molecule has 0 fully saturated rings. The minimum Gasteiger partial charge on any atom is -0.443 e. The molecule has 0 aromatic heterocycles. The van der Waals surface area contributed by atoms with E-state index in [4.69, 9.17) is 4.74 Å². The number of benzene rings is 2. The van der Waals surface area contributed by atoms with Crippen molar-refractivity contribution in [2.45, 2.75) is 38.2 Å². The van der Waals surface area contributed by atoms with Gasteiger partial charge in [0.2, 0.25) is 12.5 Å². The number of ether oxygens (including phenoxy) is 1. The molecule has 0 saturated carbocycles. The Labute approximate surface area is 163 Å². The van der Waals surface area contributed by atoms with Crippen molar-refractivity contribution in [3.8, 4) is 0 Å². The highest BCUT2D eigenvalue weighted by Crippen LogP contribution is 2.45. The SMILES string of the molecule is CC(C)(C)OC(=O)N1C(=O)C(C(C[N+](=O)[O-])c2ccccc2)c2ccccc21.